The quantitative estimate of drug-likeness (QED) is 0.340. The minimum absolute atomic E-state index is 0.0731. The Morgan fingerprint density at radius 1 is 1.08 bits per heavy atom. The van der Waals surface area contributed by atoms with Crippen LogP contribution in [0.4, 0.5) is 10.1 Å². The summed E-state index contributed by atoms with van der Waals surface area (Å²) >= 11 is 0. The number of benzene rings is 2. The summed E-state index contributed by atoms with van der Waals surface area (Å²) in [6.45, 7) is 9.25. The second-order valence-electron chi connectivity index (χ2n) is 9.05. The maximum atomic E-state index is 14.1. The van der Waals surface area contributed by atoms with E-state index in [1.165, 1.54) is 12.1 Å². The molecule has 0 bridgehead atoms. The molecule has 36 heavy (non-hydrogen) atoms. The first-order valence-corrected chi connectivity index (χ1v) is 12.3. The zero-order valence-electron chi connectivity index (χ0n) is 20.7. The van der Waals surface area contributed by atoms with Gasteiger partial charge in [-0.2, -0.15) is 5.10 Å². The highest BCUT2D eigenvalue weighted by Gasteiger charge is 2.24. The first-order valence-electron chi connectivity index (χ1n) is 12.3. The van der Waals surface area contributed by atoms with Crippen molar-refractivity contribution in [2.75, 3.05) is 37.8 Å². The van der Waals surface area contributed by atoms with Crippen molar-refractivity contribution in [1.29, 1.82) is 0 Å². The van der Waals surface area contributed by atoms with Crippen LogP contribution in [0.15, 0.2) is 54.6 Å². The number of nitrogens with zero attached hydrogens (tertiary/aromatic N) is 4. The van der Waals surface area contributed by atoms with Crippen molar-refractivity contribution in [2.24, 2.45) is 0 Å². The van der Waals surface area contributed by atoms with E-state index in [1.54, 1.807) is 29.8 Å². The molecule has 0 amide bonds. The summed E-state index contributed by atoms with van der Waals surface area (Å²) in [6, 6.07) is 16.3. The molecule has 0 unspecified atom stereocenters. The second-order valence-corrected chi connectivity index (χ2v) is 9.05. The summed E-state index contributed by atoms with van der Waals surface area (Å²) in [5, 5.41) is 5.67. The molecular formula is C28H29FN4O3. The number of pyridine rings is 1. The van der Waals surface area contributed by atoms with E-state index in [4.69, 9.17) is 14.6 Å². The largest absolute Gasteiger partial charge is 0.461 e. The summed E-state index contributed by atoms with van der Waals surface area (Å²) in [5.74, 6) is -0.810. The molecule has 2 aromatic heterocycles. The molecule has 1 fully saturated rings. The van der Waals surface area contributed by atoms with Crippen LogP contribution < -0.4 is 4.90 Å². The van der Waals surface area contributed by atoms with Crippen LogP contribution in [0, 0.1) is 5.82 Å². The number of rotatable bonds is 6. The molecule has 0 radical (unpaired) electrons. The predicted octanol–water partition coefficient (Wildman–Crippen LogP) is 5.36. The van der Waals surface area contributed by atoms with Crippen molar-refractivity contribution in [1.82, 2.24) is 14.8 Å². The number of morpholine rings is 1. The van der Waals surface area contributed by atoms with Crippen molar-refractivity contribution in [3.05, 3.63) is 71.8 Å². The molecule has 7 nitrogen and oxygen atoms in total. The van der Waals surface area contributed by atoms with Gasteiger partial charge in [-0.1, -0.05) is 32.0 Å². The van der Waals surface area contributed by atoms with Gasteiger partial charge in [0, 0.05) is 18.8 Å². The number of carbonyl (C=O) groups is 1. The third kappa shape index (κ3) is 4.56. The van der Waals surface area contributed by atoms with Gasteiger partial charge in [-0.15, -0.1) is 0 Å². The summed E-state index contributed by atoms with van der Waals surface area (Å²) in [6.07, 6.45) is 0. The molecule has 0 saturated carbocycles. The van der Waals surface area contributed by atoms with Gasteiger partial charge in [0.1, 0.15) is 5.82 Å². The van der Waals surface area contributed by atoms with Crippen LogP contribution >= 0.6 is 0 Å². The van der Waals surface area contributed by atoms with Crippen LogP contribution in [0.25, 0.3) is 27.8 Å². The van der Waals surface area contributed by atoms with Crippen molar-refractivity contribution >= 4 is 22.7 Å². The third-order valence-corrected chi connectivity index (χ3v) is 6.30. The Morgan fingerprint density at radius 3 is 2.50 bits per heavy atom. The zero-order valence-corrected chi connectivity index (χ0v) is 20.7. The molecule has 1 aliphatic rings. The maximum Gasteiger partial charge on any atom is 0.357 e. The minimum atomic E-state index is -0.510. The van der Waals surface area contributed by atoms with Gasteiger partial charge in [0.2, 0.25) is 0 Å². The molecule has 186 valence electrons. The number of anilines is 1. The van der Waals surface area contributed by atoms with E-state index < -0.39 is 5.97 Å². The highest BCUT2D eigenvalue weighted by Crippen LogP contribution is 2.36. The van der Waals surface area contributed by atoms with Crippen LogP contribution in [-0.4, -0.2) is 53.6 Å². The number of fused-ring (bicyclic) bond motifs is 1. The Bertz CT molecular complexity index is 1390. The van der Waals surface area contributed by atoms with Crippen molar-refractivity contribution in [3.63, 3.8) is 0 Å². The zero-order chi connectivity index (χ0) is 25.2. The molecule has 0 spiro atoms. The first-order chi connectivity index (χ1) is 17.5. The van der Waals surface area contributed by atoms with Gasteiger partial charge in [-0.25, -0.2) is 18.9 Å². The molecule has 1 aliphatic heterocycles. The van der Waals surface area contributed by atoms with Gasteiger partial charge in [-0.3, -0.25) is 0 Å². The van der Waals surface area contributed by atoms with Crippen LogP contribution in [0.1, 0.15) is 42.9 Å². The number of hydrogen-bond acceptors (Lipinski definition) is 6. The molecule has 5 rings (SSSR count). The monoisotopic (exact) mass is 488 g/mol. The van der Waals surface area contributed by atoms with E-state index in [0.29, 0.717) is 24.5 Å². The molecule has 0 atom stereocenters. The number of esters is 1. The van der Waals surface area contributed by atoms with E-state index >= 15 is 0 Å². The Morgan fingerprint density at radius 2 is 1.83 bits per heavy atom. The van der Waals surface area contributed by atoms with Gasteiger partial charge in [0.15, 0.2) is 11.3 Å². The van der Waals surface area contributed by atoms with E-state index in [2.05, 4.69) is 48.0 Å². The lowest BCUT2D eigenvalue weighted by Gasteiger charge is -2.29. The van der Waals surface area contributed by atoms with Gasteiger partial charge in [0.25, 0.3) is 0 Å². The second kappa shape index (κ2) is 10.1. The summed E-state index contributed by atoms with van der Waals surface area (Å²) in [4.78, 5) is 19.7. The highest BCUT2D eigenvalue weighted by atomic mass is 19.1. The number of hydrogen-bond donors (Lipinski definition) is 0. The van der Waals surface area contributed by atoms with E-state index in [1.807, 2.05) is 0 Å². The molecular weight excluding hydrogens is 459 g/mol. The average Bonchev–Trinajstić information content (AvgIpc) is 3.29. The summed E-state index contributed by atoms with van der Waals surface area (Å²) in [5.41, 5.74) is 4.93. The molecule has 3 heterocycles. The van der Waals surface area contributed by atoms with E-state index in [0.717, 1.165) is 41.0 Å². The fourth-order valence-corrected chi connectivity index (χ4v) is 4.55. The smallest absolute Gasteiger partial charge is 0.357 e. The number of ether oxygens (including phenoxy) is 2. The molecule has 2 aromatic carbocycles. The lowest BCUT2D eigenvalue weighted by molar-refractivity contribution is 0.0520. The van der Waals surface area contributed by atoms with Gasteiger partial charge in [0.05, 0.1) is 36.6 Å². The van der Waals surface area contributed by atoms with Crippen LogP contribution in [0.3, 0.4) is 0 Å². The van der Waals surface area contributed by atoms with E-state index in [-0.39, 0.29) is 24.0 Å². The van der Waals surface area contributed by atoms with Crippen molar-refractivity contribution < 1.29 is 18.7 Å². The van der Waals surface area contributed by atoms with Gasteiger partial charge in [-0.05, 0) is 60.4 Å². The van der Waals surface area contributed by atoms with Crippen LogP contribution in [-0.2, 0) is 9.47 Å². The number of aromatic nitrogens is 3. The Hall–Kier alpha value is -3.78. The van der Waals surface area contributed by atoms with Gasteiger partial charge < -0.3 is 14.4 Å². The molecule has 0 aliphatic carbocycles. The molecule has 0 N–H and O–H groups in total. The fraction of sp³-hybridized carbons (Fsp3) is 0.321. The van der Waals surface area contributed by atoms with Gasteiger partial charge >= 0.3 is 5.97 Å². The van der Waals surface area contributed by atoms with Crippen LogP contribution in [0.2, 0.25) is 0 Å². The minimum Gasteiger partial charge on any atom is -0.461 e. The van der Waals surface area contributed by atoms with Crippen molar-refractivity contribution in [3.8, 4) is 16.8 Å². The topological polar surface area (TPSA) is 69.5 Å². The van der Waals surface area contributed by atoms with Crippen LogP contribution in [0.5, 0.6) is 0 Å². The molecule has 4 aromatic rings. The SMILES string of the molecule is CCOC(=O)c1cc(-c2ccc(N3CCOCC3)cc2)c2c(C(C)C)nn(-c3cccc(F)c3)c2n1. The summed E-state index contributed by atoms with van der Waals surface area (Å²) < 4.78 is 26.5. The molecule has 8 heteroatoms. The Balaban J connectivity index is 1.72. The average molecular weight is 489 g/mol. The maximum absolute atomic E-state index is 14.1. The number of carbonyl (C=O) groups excluding carboxylic acids is 1. The number of halogens is 1. The third-order valence-electron chi connectivity index (χ3n) is 6.30. The summed E-state index contributed by atoms with van der Waals surface area (Å²) in [7, 11) is 0. The lowest BCUT2D eigenvalue weighted by Crippen LogP contribution is -2.36. The normalized spacial score (nSPS) is 14.0. The standard InChI is InChI=1S/C28H29FN4O3/c1-4-36-28(34)24-17-23(19-8-10-21(11-9-19)32-12-14-35-15-13-32)25-26(18(2)3)31-33(27(25)30-24)22-7-5-6-20(29)16-22/h5-11,16-18H,4,12-15H2,1-3H3. The molecule has 1 saturated heterocycles. The lowest BCUT2D eigenvalue weighted by atomic mass is 9.97. The Labute approximate surface area is 209 Å². The predicted molar refractivity (Wildman–Crippen MR) is 137 cm³/mol. The first kappa shape index (κ1) is 23.9. The highest BCUT2D eigenvalue weighted by molar-refractivity contribution is 6.00. The van der Waals surface area contributed by atoms with Crippen molar-refractivity contribution in [2.45, 2.75) is 26.7 Å². The Kier molecular flexibility index (Phi) is 6.69. The van der Waals surface area contributed by atoms with E-state index in [9.17, 15) is 9.18 Å². The fourth-order valence-electron chi connectivity index (χ4n) is 4.55.